The van der Waals surface area contributed by atoms with Gasteiger partial charge in [-0.15, -0.1) is 0 Å². The molecule has 0 aromatic heterocycles. The summed E-state index contributed by atoms with van der Waals surface area (Å²) in [6.45, 7) is 3.52. The summed E-state index contributed by atoms with van der Waals surface area (Å²) < 4.78 is 1.25. The molecule has 1 saturated heterocycles. The molecule has 0 saturated carbocycles. The zero-order valence-electron chi connectivity index (χ0n) is 10.6. The summed E-state index contributed by atoms with van der Waals surface area (Å²) in [4.78, 5) is 0. The fraction of sp³-hybridized carbons (Fsp3) is 0.600. The van der Waals surface area contributed by atoms with E-state index in [9.17, 15) is 0 Å². The van der Waals surface area contributed by atoms with Gasteiger partial charge in [0.2, 0.25) is 0 Å². The van der Waals surface area contributed by atoms with Crippen molar-refractivity contribution in [3.8, 4) is 0 Å². The van der Waals surface area contributed by atoms with Crippen LogP contribution < -0.4 is 5.32 Å². The number of hydrogen-bond acceptors (Lipinski definition) is 1. The Balaban J connectivity index is 1.98. The highest BCUT2D eigenvalue weighted by molar-refractivity contribution is 9.10. The first-order chi connectivity index (χ1) is 8.26. The van der Waals surface area contributed by atoms with Gasteiger partial charge in [0, 0.05) is 10.0 Å². The van der Waals surface area contributed by atoms with Crippen molar-refractivity contribution in [3.63, 3.8) is 0 Å². The molecule has 1 nitrogen and oxygen atoms in total. The quantitative estimate of drug-likeness (QED) is 0.873. The first kappa shape index (κ1) is 13.1. The van der Waals surface area contributed by atoms with E-state index in [0.717, 1.165) is 0 Å². The molecule has 0 aliphatic carbocycles. The highest BCUT2D eigenvalue weighted by Gasteiger charge is 2.29. The third-order valence-corrected chi connectivity index (χ3v) is 4.86. The predicted molar refractivity (Wildman–Crippen MR) is 77.3 cm³/mol. The smallest absolute Gasteiger partial charge is 0.0207 e. The summed E-state index contributed by atoms with van der Waals surface area (Å²) in [7, 11) is 0. The van der Waals surface area contributed by atoms with Crippen molar-refractivity contribution in [3.05, 3.63) is 34.3 Å². The van der Waals surface area contributed by atoms with Gasteiger partial charge in [0.05, 0.1) is 0 Å². The van der Waals surface area contributed by atoms with Gasteiger partial charge in [-0.05, 0) is 50.3 Å². The van der Waals surface area contributed by atoms with E-state index in [4.69, 9.17) is 0 Å². The molecule has 1 fully saturated rings. The fourth-order valence-electron chi connectivity index (χ4n) is 2.80. The van der Waals surface area contributed by atoms with E-state index in [1.165, 1.54) is 55.1 Å². The molecule has 1 atom stereocenters. The number of benzene rings is 1. The van der Waals surface area contributed by atoms with Gasteiger partial charge < -0.3 is 5.32 Å². The standard InChI is InChI=1S/C15H22BrN/c1-2-15(10-5-6-12-17-15)11-9-13-7-3-4-8-14(13)16/h3-4,7-8,17H,2,5-6,9-12H2,1H3. The van der Waals surface area contributed by atoms with Crippen LogP contribution in [0.15, 0.2) is 28.7 Å². The van der Waals surface area contributed by atoms with Crippen molar-refractivity contribution >= 4 is 15.9 Å². The lowest BCUT2D eigenvalue weighted by molar-refractivity contribution is 0.229. The molecule has 2 rings (SSSR count). The lowest BCUT2D eigenvalue weighted by Crippen LogP contribution is -2.48. The lowest BCUT2D eigenvalue weighted by atomic mass is 9.81. The van der Waals surface area contributed by atoms with Gasteiger partial charge >= 0.3 is 0 Å². The van der Waals surface area contributed by atoms with Crippen LogP contribution >= 0.6 is 15.9 Å². The fourth-order valence-corrected chi connectivity index (χ4v) is 3.28. The average Bonchev–Trinajstić information content (AvgIpc) is 2.39. The molecule has 1 heterocycles. The molecule has 0 bridgehead atoms. The Labute approximate surface area is 113 Å². The van der Waals surface area contributed by atoms with Crippen LogP contribution in [0, 0.1) is 0 Å². The molecule has 1 aliphatic rings. The van der Waals surface area contributed by atoms with Crippen LogP contribution in [0.25, 0.3) is 0 Å². The molecule has 1 aromatic carbocycles. The Kier molecular flexibility index (Phi) is 4.63. The summed E-state index contributed by atoms with van der Waals surface area (Å²) in [5.74, 6) is 0. The van der Waals surface area contributed by atoms with Gasteiger partial charge in [-0.25, -0.2) is 0 Å². The first-order valence-electron chi connectivity index (χ1n) is 6.74. The molecule has 1 aliphatic heterocycles. The molecular weight excluding hydrogens is 274 g/mol. The van der Waals surface area contributed by atoms with Crippen molar-refractivity contribution in [2.24, 2.45) is 0 Å². The molecule has 17 heavy (non-hydrogen) atoms. The second kappa shape index (κ2) is 6.01. The zero-order chi connectivity index (χ0) is 12.1. The van der Waals surface area contributed by atoms with E-state index < -0.39 is 0 Å². The van der Waals surface area contributed by atoms with Crippen molar-refractivity contribution in [1.82, 2.24) is 5.32 Å². The molecular formula is C15H22BrN. The largest absolute Gasteiger partial charge is 0.311 e. The van der Waals surface area contributed by atoms with Gasteiger partial charge in [-0.2, -0.15) is 0 Å². The molecule has 1 N–H and O–H groups in total. The SMILES string of the molecule is CCC1(CCc2ccccc2Br)CCCCN1. The summed E-state index contributed by atoms with van der Waals surface area (Å²) in [6.07, 6.45) is 7.74. The summed E-state index contributed by atoms with van der Waals surface area (Å²) >= 11 is 3.64. The van der Waals surface area contributed by atoms with Gasteiger partial charge in [0.25, 0.3) is 0 Å². The number of aryl methyl sites for hydroxylation is 1. The summed E-state index contributed by atoms with van der Waals surface area (Å²) in [6, 6.07) is 8.59. The highest BCUT2D eigenvalue weighted by Crippen LogP contribution is 2.29. The minimum absolute atomic E-state index is 0.396. The molecule has 0 radical (unpaired) electrons. The minimum atomic E-state index is 0.396. The Hall–Kier alpha value is -0.340. The third kappa shape index (κ3) is 3.32. The average molecular weight is 296 g/mol. The van der Waals surface area contributed by atoms with Crippen molar-refractivity contribution in [2.75, 3.05) is 6.54 Å². The van der Waals surface area contributed by atoms with E-state index in [1.807, 2.05) is 0 Å². The molecule has 0 spiro atoms. The number of rotatable bonds is 4. The van der Waals surface area contributed by atoms with E-state index in [2.05, 4.69) is 52.4 Å². The number of halogens is 1. The van der Waals surface area contributed by atoms with Crippen molar-refractivity contribution in [1.29, 1.82) is 0 Å². The second-order valence-electron chi connectivity index (χ2n) is 5.11. The van der Waals surface area contributed by atoms with Crippen LogP contribution in [-0.2, 0) is 6.42 Å². The normalized spacial score (nSPS) is 24.8. The maximum Gasteiger partial charge on any atom is 0.0207 e. The van der Waals surface area contributed by atoms with Gasteiger partial charge in [0.1, 0.15) is 0 Å². The van der Waals surface area contributed by atoms with Gasteiger partial charge in [-0.3, -0.25) is 0 Å². The van der Waals surface area contributed by atoms with Crippen LogP contribution in [0.2, 0.25) is 0 Å². The van der Waals surface area contributed by atoms with Crippen LogP contribution in [0.3, 0.4) is 0 Å². The lowest BCUT2D eigenvalue weighted by Gasteiger charge is -2.38. The van der Waals surface area contributed by atoms with Crippen LogP contribution in [0.4, 0.5) is 0 Å². The molecule has 1 unspecified atom stereocenters. The van der Waals surface area contributed by atoms with E-state index in [-0.39, 0.29) is 0 Å². The third-order valence-electron chi connectivity index (χ3n) is 4.09. The monoisotopic (exact) mass is 295 g/mol. The Morgan fingerprint density at radius 2 is 2.12 bits per heavy atom. The van der Waals surface area contributed by atoms with Crippen molar-refractivity contribution in [2.45, 2.75) is 51.0 Å². The van der Waals surface area contributed by atoms with Gasteiger partial charge in [0.15, 0.2) is 0 Å². The van der Waals surface area contributed by atoms with Crippen LogP contribution in [0.5, 0.6) is 0 Å². The van der Waals surface area contributed by atoms with Crippen LogP contribution in [0.1, 0.15) is 44.6 Å². The number of hydrogen-bond donors (Lipinski definition) is 1. The molecule has 94 valence electrons. The molecule has 1 aromatic rings. The van der Waals surface area contributed by atoms with E-state index >= 15 is 0 Å². The number of nitrogens with one attached hydrogen (secondary N) is 1. The predicted octanol–water partition coefficient (Wildman–Crippen LogP) is 4.30. The zero-order valence-corrected chi connectivity index (χ0v) is 12.2. The van der Waals surface area contributed by atoms with Gasteiger partial charge in [-0.1, -0.05) is 47.5 Å². The van der Waals surface area contributed by atoms with E-state index in [1.54, 1.807) is 0 Å². The Morgan fingerprint density at radius 1 is 1.29 bits per heavy atom. The Morgan fingerprint density at radius 3 is 2.76 bits per heavy atom. The highest BCUT2D eigenvalue weighted by atomic mass is 79.9. The topological polar surface area (TPSA) is 12.0 Å². The Bertz CT molecular complexity index is 356. The van der Waals surface area contributed by atoms with Crippen LogP contribution in [-0.4, -0.2) is 12.1 Å². The first-order valence-corrected chi connectivity index (χ1v) is 7.53. The van der Waals surface area contributed by atoms with Crippen molar-refractivity contribution < 1.29 is 0 Å². The molecule has 0 amide bonds. The minimum Gasteiger partial charge on any atom is -0.311 e. The maximum absolute atomic E-state index is 3.76. The summed E-state index contributed by atoms with van der Waals surface area (Å²) in [5, 5.41) is 3.76. The second-order valence-corrected chi connectivity index (χ2v) is 5.96. The van der Waals surface area contributed by atoms with E-state index in [0.29, 0.717) is 5.54 Å². The summed E-state index contributed by atoms with van der Waals surface area (Å²) in [5.41, 5.74) is 1.83. The molecule has 2 heteroatoms. The number of piperidine rings is 1. The maximum atomic E-state index is 3.76.